The number of pyridine rings is 1. The van der Waals surface area contributed by atoms with Gasteiger partial charge in [0.2, 0.25) is 0 Å². The summed E-state index contributed by atoms with van der Waals surface area (Å²) in [6.07, 6.45) is -3.53. The zero-order valence-electron chi connectivity index (χ0n) is 11.6. The van der Waals surface area contributed by atoms with E-state index in [1.54, 1.807) is 27.7 Å². The Balaban J connectivity index is 2.40. The molecule has 0 saturated carbocycles. The van der Waals surface area contributed by atoms with E-state index in [1.165, 1.54) is 6.20 Å². The first-order valence-electron chi connectivity index (χ1n) is 6.09. The molecule has 2 rings (SSSR count). The van der Waals surface area contributed by atoms with Crippen molar-refractivity contribution >= 4 is 12.6 Å². The fourth-order valence-electron chi connectivity index (χ4n) is 1.83. The smallest absolute Gasteiger partial charge is 0.399 e. The van der Waals surface area contributed by atoms with Gasteiger partial charge in [-0.05, 0) is 39.2 Å². The lowest BCUT2D eigenvalue weighted by molar-refractivity contribution is -0.138. The first kappa shape index (κ1) is 15.1. The van der Waals surface area contributed by atoms with Crippen LogP contribution in [0.2, 0.25) is 0 Å². The summed E-state index contributed by atoms with van der Waals surface area (Å²) in [5.41, 5.74) is -3.63. The van der Waals surface area contributed by atoms with Crippen LogP contribution in [0, 0.1) is 0 Å². The predicted molar refractivity (Wildman–Crippen MR) is 67.8 cm³/mol. The summed E-state index contributed by atoms with van der Waals surface area (Å²) in [6.45, 7) is 7.18. The first-order chi connectivity index (χ1) is 8.94. The minimum atomic E-state index is -4.72. The van der Waals surface area contributed by atoms with Crippen LogP contribution in [0.3, 0.4) is 0 Å². The van der Waals surface area contributed by atoms with Gasteiger partial charge in [-0.1, -0.05) is 0 Å². The number of rotatable bonds is 1. The van der Waals surface area contributed by atoms with E-state index in [0.29, 0.717) is 0 Å². The Kier molecular flexibility index (Phi) is 3.30. The van der Waals surface area contributed by atoms with Crippen molar-refractivity contribution in [3.63, 3.8) is 0 Å². The molecule has 0 radical (unpaired) electrons. The van der Waals surface area contributed by atoms with Crippen molar-refractivity contribution < 1.29 is 22.5 Å². The summed E-state index contributed by atoms with van der Waals surface area (Å²) in [5.74, 6) is 0. The van der Waals surface area contributed by atoms with Gasteiger partial charge in [-0.15, -0.1) is 0 Å². The molecule has 0 spiro atoms. The fourth-order valence-corrected chi connectivity index (χ4v) is 1.83. The summed E-state index contributed by atoms with van der Waals surface area (Å²) in [5, 5.41) is 0. The van der Waals surface area contributed by atoms with Crippen LogP contribution >= 0.6 is 0 Å². The van der Waals surface area contributed by atoms with E-state index in [2.05, 4.69) is 4.98 Å². The maximum Gasteiger partial charge on any atom is 0.496 e. The van der Waals surface area contributed by atoms with Gasteiger partial charge in [0.05, 0.1) is 11.2 Å². The maximum atomic E-state index is 12.7. The van der Waals surface area contributed by atoms with Gasteiger partial charge in [-0.25, -0.2) is 0 Å². The Hall–Kier alpha value is -1.28. The highest BCUT2D eigenvalue weighted by Crippen LogP contribution is 2.36. The minimum absolute atomic E-state index is 0.135. The van der Waals surface area contributed by atoms with Crippen molar-refractivity contribution in [1.29, 1.82) is 0 Å². The van der Waals surface area contributed by atoms with Crippen molar-refractivity contribution in [2.24, 2.45) is 0 Å². The number of halogens is 3. The van der Waals surface area contributed by atoms with Crippen LogP contribution in [0.1, 0.15) is 33.3 Å². The molecule has 1 fully saturated rings. The molecular formula is C12H15BF3NO3. The third-order valence-electron chi connectivity index (χ3n) is 3.76. The number of hydrogen-bond donors (Lipinski definition) is 1. The van der Waals surface area contributed by atoms with E-state index < -0.39 is 35.6 Å². The van der Waals surface area contributed by atoms with Crippen LogP contribution < -0.4 is 11.0 Å². The van der Waals surface area contributed by atoms with Gasteiger partial charge in [0.25, 0.3) is 5.56 Å². The Morgan fingerprint density at radius 3 is 2.10 bits per heavy atom. The quantitative estimate of drug-likeness (QED) is 0.800. The third-order valence-corrected chi connectivity index (χ3v) is 3.76. The lowest BCUT2D eigenvalue weighted by Crippen LogP contribution is -2.41. The second-order valence-corrected chi connectivity index (χ2v) is 5.76. The number of alkyl halides is 3. The second kappa shape index (κ2) is 4.36. The molecule has 110 valence electrons. The predicted octanol–water partition coefficient (Wildman–Crippen LogP) is 1.69. The van der Waals surface area contributed by atoms with E-state index in [1.807, 2.05) is 0 Å². The molecule has 1 aromatic heterocycles. The van der Waals surface area contributed by atoms with Gasteiger partial charge in [0.1, 0.15) is 5.56 Å². The summed E-state index contributed by atoms with van der Waals surface area (Å²) < 4.78 is 49.4. The van der Waals surface area contributed by atoms with Crippen molar-refractivity contribution in [3.05, 3.63) is 28.2 Å². The summed E-state index contributed by atoms with van der Waals surface area (Å²) in [6, 6.07) is 0.765. The van der Waals surface area contributed by atoms with Gasteiger partial charge in [-0.3, -0.25) is 4.79 Å². The van der Waals surface area contributed by atoms with Crippen molar-refractivity contribution in [3.8, 4) is 0 Å². The molecule has 8 heteroatoms. The molecule has 4 nitrogen and oxygen atoms in total. The molecule has 0 bridgehead atoms. The normalized spacial score (nSPS) is 21.2. The maximum absolute atomic E-state index is 12.7. The number of H-pyrrole nitrogens is 1. The molecule has 1 aromatic rings. The molecular weight excluding hydrogens is 274 g/mol. The lowest BCUT2D eigenvalue weighted by atomic mass is 9.79. The average molecular weight is 289 g/mol. The summed E-state index contributed by atoms with van der Waals surface area (Å²) in [7, 11) is -0.946. The highest BCUT2D eigenvalue weighted by atomic mass is 19.4. The van der Waals surface area contributed by atoms with Gasteiger partial charge >= 0.3 is 13.3 Å². The van der Waals surface area contributed by atoms with E-state index in [-0.39, 0.29) is 5.46 Å². The molecule has 1 N–H and O–H groups in total. The lowest BCUT2D eigenvalue weighted by Gasteiger charge is -2.32. The Morgan fingerprint density at radius 2 is 1.65 bits per heavy atom. The second-order valence-electron chi connectivity index (χ2n) is 5.76. The molecule has 1 aliphatic rings. The van der Waals surface area contributed by atoms with Crippen LogP contribution in [0.5, 0.6) is 0 Å². The van der Waals surface area contributed by atoms with Crippen LogP contribution in [0.4, 0.5) is 13.2 Å². The topological polar surface area (TPSA) is 51.3 Å². The molecule has 0 aliphatic carbocycles. The standard InChI is InChI=1S/C12H15BF3NO3/c1-10(2)11(3,4)20-13(19-10)7-5-8(12(14,15)16)9(18)17-6-7/h5-6H,1-4H3,(H,17,18). The Labute approximate surface area is 114 Å². The molecule has 0 amide bonds. The molecule has 0 atom stereocenters. The molecule has 1 saturated heterocycles. The van der Waals surface area contributed by atoms with Crippen molar-refractivity contribution in [1.82, 2.24) is 4.98 Å². The molecule has 0 aromatic carbocycles. The summed E-state index contributed by atoms with van der Waals surface area (Å²) >= 11 is 0. The van der Waals surface area contributed by atoms with Gasteiger partial charge in [-0.2, -0.15) is 13.2 Å². The largest absolute Gasteiger partial charge is 0.496 e. The van der Waals surface area contributed by atoms with Gasteiger partial charge in [0, 0.05) is 6.20 Å². The van der Waals surface area contributed by atoms with E-state index >= 15 is 0 Å². The zero-order valence-corrected chi connectivity index (χ0v) is 11.6. The van der Waals surface area contributed by atoms with Crippen molar-refractivity contribution in [2.45, 2.75) is 45.1 Å². The monoisotopic (exact) mass is 289 g/mol. The fraction of sp³-hybridized carbons (Fsp3) is 0.583. The number of aromatic nitrogens is 1. The summed E-state index contributed by atoms with van der Waals surface area (Å²) in [4.78, 5) is 13.3. The number of hydrogen-bond acceptors (Lipinski definition) is 3. The Morgan fingerprint density at radius 1 is 1.15 bits per heavy atom. The SMILES string of the molecule is CC1(C)OB(c2c[nH]c(=O)c(C(F)(F)F)c2)OC1(C)C. The first-order valence-corrected chi connectivity index (χ1v) is 6.09. The van der Waals surface area contributed by atoms with Crippen LogP contribution in [-0.4, -0.2) is 23.3 Å². The van der Waals surface area contributed by atoms with Crippen LogP contribution in [-0.2, 0) is 15.5 Å². The molecule has 2 heterocycles. The highest BCUT2D eigenvalue weighted by molar-refractivity contribution is 6.62. The van der Waals surface area contributed by atoms with E-state index in [4.69, 9.17) is 9.31 Å². The number of nitrogens with one attached hydrogen (secondary N) is 1. The average Bonchev–Trinajstić information content (AvgIpc) is 2.47. The third kappa shape index (κ3) is 2.49. The zero-order chi connectivity index (χ0) is 15.3. The molecule has 20 heavy (non-hydrogen) atoms. The van der Waals surface area contributed by atoms with Crippen LogP contribution in [0.15, 0.2) is 17.1 Å². The van der Waals surface area contributed by atoms with Crippen LogP contribution in [0.25, 0.3) is 0 Å². The minimum Gasteiger partial charge on any atom is -0.399 e. The van der Waals surface area contributed by atoms with E-state index in [0.717, 1.165) is 6.07 Å². The Bertz CT molecular complexity index is 564. The molecule has 1 aliphatic heterocycles. The number of aromatic amines is 1. The highest BCUT2D eigenvalue weighted by Gasteiger charge is 2.52. The molecule has 0 unspecified atom stereocenters. The van der Waals surface area contributed by atoms with E-state index in [9.17, 15) is 18.0 Å². The van der Waals surface area contributed by atoms with Crippen molar-refractivity contribution in [2.75, 3.05) is 0 Å². The van der Waals surface area contributed by atoms with Gasteiger partial charge in [0.15, 0.2) is 0 Å². The van der Waals surface area contributed by atoms with Gasteiger partial charge < -0.3 is 14.3 Å².